The minimum absolute atomic E-state index is 0.00209. The number of anilines is 2. The molecule has 5 nitrogen and oxygen atoms in total. The van der Waals surface area contributed by atoms with Gasteiger partial charge in [-0.1, -0.05) is 20.3 Å². The van der Waals surface area contributed by atoms with Gasteiger partial charge in [-0.25, -0.2) is 4.98 Å². The Balaban J connectivity index is 2.32. The number of imidazole rings is 1. The maximum absolute atomic E-state index is 11.4. The number of nitrogens with zero attached hydrogens (tertiary/aromatic N) is 2. The molecule has 0 unspecified atom stereocenters. The summed E-state index contributed by atoms with van der Waals surface area (Å²) in [5.74, 6) is 0.528. The number of nitrogens with one attached hydrogen (secondary N) is 1. The van der Waals surface area contributed by atoms with E-state index >= 15 is 0 Å². The summed E-state index contributed by atoms with van der Waals surface area (Å²) >= 11 is 0. The molecule has 0 saturated carbocycles. The highest BCUT2D eigenvalue weighted by atomic mass is 16.1. The van der Waals surface area contributed by atoms with Crippen LogP contribution in [0.3, 0.4) is 0 Å². The molecule has 0 saturated heterocycles. The van der Waals surface area contributed by atoms with Gasteiger partial charge in [-0.05, 0) is 24.6 Å². The van der Waals surface area contributed by atoms with Crippen molar-refractivity contribution in [3.8, 4) is 0 Å². The van der Waals surface area contributed by atoms with Crippen LogP contribution in [-0.2, 0) is 11.3 Å². The van der Waals surface area contributed by atoms with Crippen LogP contribution in [0.2, 0.25) is 0 Å². The van der Waals surface area contributed by atoms with Crippen molar-refractivity contribution in [1.82, 2.24) is 9.55 Å². The quantitative estimate of drug-likeness (QED) is 0.868. The molecule has 2 rings (SSSR count). The van der Waals surface area contributed by atoms with Crippen molar-refractivity contribution in [1.29, 1.82) is 0 Å². The van der Waals surface area contributed by atoms with Crippen LogP contribution in [0.25, 0.3) is 11.0 Å². The molecule has 1 aromatic carbocycles. The molecule has 0 bridgehead atoms. The zero-order valence-electron chi connectivity index (χ0n) is 11.4. The van der Waals surface area contributed by atoms with Crippen molar-refractivity contribution in [3.05, 3.63) is 18.2 Å². The van der Waals surface area contributed by atoms with E-state index in [1.807, 2.05) is 29.7 Å². The minimum atomic E-state index is -0.00209. The normalized spacial score (nSPS) is 10.8. The largest absolute Gasteiger partial charge is 0.369 e. The van der Waals surface area contributed by atoms with Gasteiger partial charge in [-0.3, -0.25) is 4.79 Å². The molecule has 1 heterocycles. The van der Waals surface area contributed by atoms with E-state index in [0.717, 1.165) is 36.1 Å². The molecule has 0 spiro atoms. The first kappa shape index (κ1) is 13.4. The summed E-state index contributed by atoms with van der Waals surface area (Å²) in [7, 11) is 0. The van der Waals surface area contributed by atoms with Crippen LogP contribution in [0, 0.1) is 0 Å². The number of rotatable bonds is 5. The first-order chi connectivity index (χ1) is 9.15. The van der Waals surface area contributed by atoms with Crippen LogP contribution in [0.5, 0.6) is 0 Å². The van der Waals surface area contributed by atoms with Gasteiger partial charge in [-0.2, -0.15) is 0 Å². The topological polar surface area (TPSA) is 72.9 Å². The van der Waals surface area contributed by atoms with E-state index in [1.54, 1.807) is 0 Å². The summed E-state index contributed by atoms with van der Waals surface area (Å²) in [6.45, 7) is 4.85. The van der Waals surface area contributed by atoms with Gasteiger partial charge in [0.1, 0.15) is 0 Å². The molecule has 0 radical (unpaired) electrons. The number of nitrogen functional groups attached to an aromatic ring is 1. The Labute approximate surface area is 112 Å². The number of hydrogen-bond acceptors (Lipinski definition) is 3. The number of nitrogens with two attached hydrogens (primary N) is 1. The number of carbonyl (C=O) groups is 1. The third-order valence-electron chi connectivity index (χ3n) is 3.12. The SMILES string of the molecule is CCCCn1c(N)nc2cc(NC(=O)CC)ccc21. The Kier molecular flexibility index (Phi) is 4.04. The molecule has 0 aliphatic heterocycles. The lowest BCUT2D eigenvalue weighted by molar-refractivity contribution is -0.115. The first-order valence-corrected chi connectivity index (χ1v) is 6.71. The zero-order chi connectivity index (χ0) is 13.8. The summed E-state index contributed by atoms with van der Waals surface area (Å²) in [5.41, 5.74) is 8.54. The Morgan fingerprint density at radius 2 is 2.21 bits per heavy atom. The van der Waals surface area contributed by atoms with Crippen LogP contribution in [0.4, 0.5) is 11.6 Å². The zero-order valence-corrected chi connectivity index (χ0v) is 11.4. The minimum Gasteiger partial charge on any atom is -0.369 e. The van der Waals surface area contributed by atoms with E-state index < -0.39 is 0 Å². The van der Waals surface area contributed by atoms with Crippen molar-refractivity contribution >= 4 is 28.6 Å². The summed E-state index contributed by atoms with van der Waals surface area (Å²) in [5, 5.41) is 2.83. The number of amides is 1. The smallest absolute Gasteiger partial charge is 0.224 e. The molecule has 3 N–H and O–H groups in total. The molecule has 0 aliphatic carbocycles. The molecule has 2 aromatic rings. The third kappa shape index (κ3) is 2.86. The van der Waals surface area contributed by atoms with Gasteiger partial charge >= 0.3 is 0 Å². The molecule has 1 aromatic heterocycles. The van der Waals surface area contributed by atoms with E-state index in [9.17, 15) is 4.79 Å². The fourth-order valence-corrected chi connectivity index (χ4v) is 2.03. The third-order valence-corrected chi connectivity index (χ3v) is 3.12. The fraction of sp³-hybridized carbons (Fsp3) is 0.429. The van der Waals surface area contributed by atoms with Crippen LogP contribution >= 0.6 is 0 Å². The number of unbranched alkanes of at least 4 members (excludes halogenated alkanes) is 1. The van der Waals surface area contributed by atoms with Gasteiger partial charge < -0.3 is 15.6 Å². The average Bonchev–Trinajstić information content (AvgIpc) is 2.71. The molecule has 19 heavy (non-hydrogen) atoms. The average molecular weight is 260 g/mol. The second kappa shape index (κ2) is 5.73. The Morgan fingerprint density at radius 3 is 2.89 bits per heavy atom. The van der Waals surface area contributed by atoms with Crippen molar-refractivity contribution in [2.24, 2.45) is 0 Å². The number of aromatic nitrogens is 2. The van der Waals surface area contributed by atoms with E-state index in [0.29, 0.717) is 12.4 Å². The lowest BCUT2D eigenvalue weighted by atomic mass is 10.2. The van der Waals surface area contributed by atoms with E-state index in [-0.39, 0.29) is 5.91 Å². The molecule has 0 fully saturated rings. The van der Waals surface area contributed by atoms with Crippen molar-refractivity contribution in [2.45, 2.75) is 39.7 Å². The van der Waals surface area contributed by atoms with Gasteiger partial charge in [-0.15, -0.1) is 0 Å². The number of carbonyl (C=O) groups excluding carboxylic acids is 1. The second-order valence-electron chi connectivity index (χ2n) is 4.58. The molecule has 0 atom stereocenters. The van der Waals surface area contributed by atoms with Gasteiger partial charge in [0.15, 0.2) is 0 Å². The summed E-state index contributed by atoms with van der Waals surface area (Å²) in [6.07, 6.45) is 2.65. The number of fused-ring (bicyclic) bond motifs is 1. The molecular formula is C14H20N4O. The van der Waals surface area contributed by atoms with Crippen molar-refractivity contribution < 1.29 is 4.79 Å². The monoisotopic (exact) mass is 260 g/mol. The summed E-state index contributed by atoms with van der Waals surface area (Å²) in [6, 6.07) is 5.71. The van der Waals surface area contributed by atoms with Gasteiger partial charge in [0.25, 0.3) is 0 Å². The maximum Gasteiger partial charge on any atom is 0.224 e. The predicted molar refractivity (Wildman–Crippen MR) is 78.0 cm³/mol. The second-order valence-corrected chi connectivity index (χ2v) is 4.58. The van der Waals surface area contributed by atoms with Gasteiger partial charge in [0.05, 0.1) is 11.0 Å². The van der Waals surface area contributed by atoms with E-state index in [1.165, 1.54) is 0 Å². The van der Waals surface area contributed by atoms with Crippen molar-refractivity contribution in [2.75, 3.05) is 11.1 Å². The number of benzene rings is 1. The van der Waals surface area contributed by atoms with Crippen LogP contribution in [-0.4, -0.2) is 15.5 Å². The highest BCUT2D eigenvalue weighted by molar-refractivity contribution is 5.93. The van der Waals surface area contributed by atoms with E-state index in [2.05, 4.69) is 17.2 Å². The highest BCUT2D eigenvalue weighted by Gasteiger charge is 2.09. The Morgan fingerprint density at radius 1 is 1.42 bits per heavy atom. The maximum atomic E-state index is 11.4. The Hall–Kier alpha value is -2.04. The fourth-order valence-electron chi connectivity index (χ4n) is 2.03. The summed E-state index contributed by atoms with van der Waals surface area (Å²) in [4.78, 5) is 15.7. The molecule has 1 amide bonds. The number of aryl methyl sites for hydroxylation is 1. The highest BCUT2D eigenvalue weighted by Crippen LogP contribution is 2.22. The molecular weight excluding hydrogens is 240 g/mol. The van der Waals surface area contributed by atoms with Crippen LogP contribution in [0.15, 0.2) is 18.2 Å². The molecule has 102 valence electrons. The van der Waals surface area contributed by atoms with E-state index in [4.69, 9.17) is 5.73 Å². The number of hydrogen-bond donors (Lipinski definition) is 2. The summed E-state index contributed by atoms with van der Waals surface area (Å²) < 4.78 is 2.02. The van der Waals surface area contributed by atoms with Crippen molar-refractivity contribution in [3.63, 3.8) is 0 Å². The lowest BCUT2D eigenvalue weighted by Crippen LogP contribution is -2.09. The van der Waals surface area contributed by atoms with Crippen LogP contribution < -0.4 is 11.1 Å². The predicted octanol–water partition coefficient (Wildman–Crippen LogP) is 2.77. The van der Waals surface area contributed by atoms with Gasteiger partial charge in [0.2, 0.25) is 11.9 Å². The van der Waals surface area contributed by atoms with Crippen LogP contribution in [0.1, 0.15) is 33.1 Å². The lowest BCUT2D eigenvalue weighted by Gasteiger charge is -2.06. The van der Waals surface area contributed by atoms with Gasteiger partial charge in [0, 0.05) is 18.7 Å². The molecule has 0 aliphatic rings. The Bertz CT molecular complexity index is 588. The molecule has 5 heteroatoms. The standard InChI is InChI=1S/C14H20N4O/c1-3-5-8-18-12-7-6-10(16-13(19)4-2)9-11(12)17-14(18)15/h6-7,9H,3-5,8H2,1-2H3,(H2,15,17)(H,16,19). The first-order valence-electron chi connectivity index (χ1n) is 6.71.